The Labute approximate surface area is 178 Å². The molecule has 0 aliphatic carbocycles. The van der Waals surface area contributed by atoms with Gasteiger partial charge >= 0.3 is 18.3 Å². The summed E-state index contributed by atoms with van der Waals surface area (Å²) >= 11 is 5.96. The summed E-state index contributed by atoms with van der Waals surface area (Å²) in [6.45, 7) is 5.60. The summed E-state index contributed by atoms with van der Waals surface area (Å²) in [5.41, 5.74) is -2.40. The molecule has 1 aromatic carbocycles. The summed E-state index contributed by atoms with van der Waals surface area (Å²) in [4.78, 5) is 19.1. The van der Waals surface area contributed by atoms with Crippen LogP contribution in [0.1, 0.15) is 27.7 Å². The summed E-state index contributed by atoms with van der Waals surface area (Å²) in [5.74, 6) is -4.95. The molecule has 0 bridgehead atoms. The molecule has 0 fully saturated rings. The molecule has 170 valence electrons. The van der Waals surface area contributed by atoms with Crippen molar-refractivity contribution in [2.75, 3.05) is 5.32 Å². The predicted molar refractivity (Wildman–Crippen MR) is 100 cm³/mol. The maximum atomic E-state index is 14.3. The number of ether oxygens (including phenoxy) is 1. The van der Waals surface area contributed by atoms with E-state index in [9.17, 15) is 31.1 Å². The van der Waals surface area contributed by atoms with Crippen LogP contribution in [0.25, 0.3) is 11.1 Å². The van der Waals surface area contributed by atoms with Crippen molar-refractivity contribution >= 4 is 23.5 Å². The summed E-state index contributed by atoms with van der Waals surface area (Å²) in [6.07, 6.45) is -5.83. The first-order valence-corrected chi connectivity index (χ1v) is 9.02. The minimum Gasteiger partial charge on any atom is -0.374 e. The van der Waals surface area contributed by atoms with Gasteiger partial charge in [-0.3, -0.25) is 0 Å². The first-order chi connectivity index (χ1) is 14.1. The highest BCUT2D eigenvalue weighted by Gasteiger charge is 2.37. The van der Waals surface area contributed by atoms with Gasteiger partial charge in [-0.1, -0.05) is 11.6 Å². The van der Waals surface area contributed by atoms with Gasteiger partial charge in [0.2, 0.25) is 0 Å². The number of alkyl halides is 3. The number of anilines is 1. The second kappa shape index (κ2) is 8.77. The number of rotatable bonds is 4. The Hall–Kier alpha value is -2.76. The monoisotopic (exact) mass is 470 g/mol. The molecule has 0 spiro atoms. The van der Waals surface area contributed by atoms with Crippen LogP contribution in [-0.2, 0) is 0 Å². The Morgan fingerprint density at radius 3 is 2.10 bits per heavy atom. The lowest BCUT2D eigenvalue weighted by Crippen LogP contribution is -2.42. The molecule has 1 atom stereocenters. The van der Waals surface area contributed by atoms with Gasteiger partial charge in [0.25, 0.3) is 0 Å². The number of benzene rings is 1. The third kappa shape index (κ3) is 6.36. The Bertz CT molecular complexity index is 971. The van der Waals surface area contributed by atoms with E-state index in [0.29, 0.717) is 19.1 Å². The topological polar surface area (TPSA) is 76.1 Å². The zero-order valence-electron chi connectivity index (χ0n) is 16.6. The summed E-state index contributed by atoms with van der Waals surface area (Å²) < 4.78 is 85.8. The Morgan fingerprint density at radius 1 is 1.06 bits per heavy atom. The lowest BCUT2D eigenvalue weighted by atomic mass is 10.1. The molecule has 31 heavy (non-hydrogen) atoms. The number of carbonyl (C=O) groups excluding carboxylic acids is 1. The van der Waals surface area contributed by atoms with Gasteiger partial charge in [0.1, 0.15) is 34.5 Å². The van der Waals surface area contributed by atoms with Gasteiger partial charge in [-0.05, 0) is 27.7 Å². The first kappa shape index (κ1) is 24.5. The van der Waals surface area contributed by atoms with Gasteiger partial charge in [0.05, 0.1) is 11.1 Å². The van der Waals surface area contributed by atoms with Crippen molar-refractivity contribution in [1.82, 2.24) is 15.3 Å². The maximum absolute atomic E-state index is 14.3. The molecule has 1 aromatic heterocycles. The highest BCUT2D eigenvalue weighted by molar-refractivity contribution is 6.32. The molecule has 13 heteroatoms. The number of nitrogens with zero attached hydrogens (tertiary/aromatic N) is 2. The molecule has 2 aromatic rings. The summed E-state index contributed by atoms with van der Waals surface area (Å²) in [5, 5.41) is 3.58. The average Bonchev–Trinajstić information content (AvgIpc) is 2.53. The standard InChI is InChI=1S/C18H17ClF6N4O2/c1-7(18(23,24)25)26-14-12(11-9(21)5-8(20)6-10(11)22)13(19)27-15(28-14)31-16(30)29-17(2,3)4/h5-7H,1-4H3,(H,29,30)(H,26,27,28)/t7-/m0/s1. The number of aromatic nitrogens is 2. The van der Waals surface area contributed by atoms with Crippen LogP contribution < -0.4 is 15.4 Å². The van der Waals surface area contributed by atoms with E-state index in [1.807, 2.05) is 5.32 Å². The second-order valence-corrected chi connectivity index (χ2v) is 7.80. The van der Waals surface area contributed by atoms with Crippen molar-refractivity contribution in [2.45, 2.75) is 45.5 Å². The van der Waals surface area contributed by atoms with Gasteiger partial charge in [0.15, 0.2) is 0 Å². The molecule has 2 rings (SSSR count). The van der Waals surface area contributed by atoms with E-state index in [-0.39, 0.29) is 0 Å². The Balaban J connectivity index is 2.61. The molecule has 0 aliphatic rings. The average molecular weight is 471 g/mol. The number of hydrogen-bond acceptors (Lipinski definition) is 5. The fourth-order valence-corrected chi connectivity index (χ4v) is 2.52. The molecule has 0 saturated heterocycles. The molecular weight excluding hydrogens is 454 g/mol. The minimum absolute atomic E-state index is 0.312. The van der Waals surface area contributed by atoms with E-state index in [1.165, 1.54) is 0 Å². The van der Waals surface area contributed by atoms with Gasteiger partial charge in [-0.2, -0.15) is 23.1 Å². The zero-order chi connectivity index (χ0) is 23.7. The van der Waals surface area contributed by atoms with Crippen LogP contribution in [0.2, 0.25) is 5.15 Å². The Kier molecular flexibility index (Phi) is 6.94. The van der Waals surface area contributed by atoms with E-state index in [4.69, 9.17) is 16.3 Å². The summed E-state index contributed by atoms with van der Waals surface area (Å²) in [7, 11) is 0. The molecule has 0 radical (unpaired) electrons. The zero-order valence-corrected chi connectivity index (χ0v) is 17.3. The van der Waals surface area contributed by atoms with Gasteiger partial charge < -0.3 is 15.4 Å². The van der Waals surface area contributed by atoms with Crippen LogP contribution in [0.15, 0.2) is 12.1 Å². The fraction of sp³-hybridized carbons (Fsp3) is 0.389. The third-order valence-electron chi connectivity index (χ3n) is 3.61. The SMILES string of the molecule is C[C@H](Nc1nc(OC(=O)NC(C)(C)C)nc(Cl)c1-c1c(F)cc(F)cc1F)C(F)(F)F. The molecule has 0 saturated carbocycles. The maximum Gasteiger partial charge on any atom is 0.415 e. The number of amides is 1. The number of nitrogens with one attached hydrogen (secondary N) is 2. The third-order valence-corrected chi connectivity index (χ3v) is 3.88. The van der Waals surface area contributed by atoms with E-state index >= 15 is 0 Å². The largest absolute Gasteiger partial charge is 0.415 e. The number of carbonyl (C=O) groups is 1. The van der Waals surface area contributed by atoms with Crippen LogP contribution in [0.5, 0.6) is 6.01 Å². The summed E-state index contributed by atoms with van der Waals surface area (Å²) in [6, 6.07) is -2.41. The highest BCUT2D eigenvalue weighted by Crippen LogP contribution is 2.38. The van der Waals surface area contributed by atoms with Crippen LogP contribution in [0.4, 0.5) is 37.0 Å². The molecule has 6 nitrogen and oxygen atoms in total. The van der Waals surface area contributed by atoms with Crippen molar-refractivity contribution in [3.63, 3.8) is 0 Å². The Morgan fingerprint density at radius 2 is 1.61 bits per heavy atom. The van der Waals surface area contributed by atoms with E-state index in [1.54, 1.807) is 20.8 Å². The highest BCUT2D eigenvalue weighted by atomic mass is 35.5. The van der Waals surface area contributed by atoms with Crippen molar-refractivity contribution in [3.8, 4) is 17.1 Å². The second-order valence-electron chi connectivity index (χ2n) is 7.44. The van der Waals surface area contributed by atoms with Crippen molar-refractivity contribution in [3.05, 3.63) is 34.7 Å². The number of halogens is 7. The van der Waals surface area contributed by atoms with E-state index in [0.717, 1.165) is 0 Å². The van der Waals surface area contributed by atoms with Gasteiger partial charge in [0, 0.05) is 17.7 Å². The molecule has 2 N–H and O–H groups in total. The van der Waals surface area contributed by atoms with Gasteiger partial charge in [-0.25, -0.2) is 18.0 Å². The van der Waals surface area contributed by atoms with E-state index in [2.05, 4.69) is 15.3 Å². The predicted octanol–water partition coefficient (Wildman–Crippen LogP) is 5.46. The quantitative estimate of drug-likeness (QED) is 0.458. The molecule has 0 unspecified atom stereocenters. The van der Waals surface area contributed by atoms with E-state index < -0.39 is 69.4 Å². The van der Waals surface area contributed by atoms with Crippen molar-refractivity contribution in [1.29, 1.82) is 0 Å². The lowest BCUT2D eigenvalue weighted by molar-refractivity contribution is -0.138. The fourth-order valence-electron chi connectivity index (χ4n) is 2.27. The van der Waals surface area contributed by atoms with Crippen molar-refractivity contribution < 1.29 is 35.9 Å². The number of hydrogen-bond donors (Lipinski definition) is 2. The van der Waals surface area contributed by atoms with Crippen LogP contribution >= 0.6 is 11.6 Å². The molecular formula is C18H17ClF6N4O2. The normalized spacial score (nSPS) is 13.0. The molecule has 0 aliphatic heterocycles. The molecule has 1 heterocycles. The smallest absolute Gasteiger partial charge is 0.374 e. The van der Waals surface area contributed by atoms with Crippen LogP contribution in [-0.4, -0.2) is 33.8 Å². The van der Waals surface area contributed by atoms with Crippen molar-refractivity contribution in [2.24, 2.45) is 0 Å². The van der Waals surface area contributed by atoms with Crippen LogP contribution in [0.3, 0.4) is 0 Å². The first-order valence-electron chi connectivity index (χ1n) is 8.64. The lowest BCUT2D eigenvalue weighted by Gasteiger charge is -2.22. The van der Waals surface area contributed by atoms with Crippen LogP contribution in [0, 0.1) is 17.5 Å². The molecule has 1 amide bonds. The van der Waals surface area contributed by atoms with Gasteiger partial charge in [-0.15, -0.1) is 0 Å². The minimum atomic E-state index is -4.78.